The molecule has 0 bridgehead atoms. The fraction of sp³-hybridized carbons (Fsp3) is 0.125. The number of aromatic nitrogens is 4. The first-order valence-corrected chi connectivity index (χ1v) is 10.1. The minimum Gasteiger partial charge on any atom is -0.491 e. The quantitative estimate of drug-likeness (QED) is 0.447. The number of nitrogens with zero attached hydrogens (tertiary/aromatic N) is 4. The lowest BCUT2D eigenvalue weighted by Gasteiger charge is -2.14. The number of ether oxygens (including phenoxy) is 1. The molecule has 0 amide bonds. The predicted molar refractivity (Wildman–Crippen MR) is 119 cm³/mol. The van der Waals surface area contributed by atoms with E-state index in [2.05, 4.69) is 10.1 Å². The summed E-state index contributed by atoms with van der Waals surface area (Å²) in [6.45, 7) is 0.0503. The Balaban J connectivity index is 1.31. The number of fused-ring (bicyclic) bond motifs is 2. The monoisotopic (exact) mass is 430 g/mol. The molecule has 160 valence electrons. The highest BCUT2D eigenvalue weighted by molar-refractivity contribution is 5.83. The van der Waals surface area contributed by atoms with Gasteiger partial charge in [0.05, 0.1) is 18.4 Å². The molecule has 0 aliphatic carbocycles. The first kappa shape index (κ1) is 19.9. The second kappa shape index (κ2) is 8.24. The molecule has 3 aromatic carbocycles. The van der Waals surface area contributed by atoms with Crippen LogP contribution in [-0.4, -0.2) is 37.1 Å². The van der Waals surface area contributed by atoms with Gasteiger partial charge in [0.1, 0.15) is 36.0 Å². The van der Waals surface area contributed by atoms with E-state index in [9.17, 15) is 14.3 Å². The third-order valence-corrected chi connectivity index (χ3v) is 5.20. The summed E-state index contributed by atoms with van der Waals surface area (Å²) in [7, 11) is 0. The Kier molecular flexibility index (Phi) is 5.12. The van der Waals surface area contributed by atoms with E-state index in [0.29, 0.717) is 22.5 Å². The summed E-state index contributed by atoms with van der Waals surface area (Å²) in [5.74, 6) is 0.282. The van der Waals surface area contributed by atoms with Crippen LogP contribution >= 0.6 is 0 Å². The van der Waals surface area contributed by atoms with Crippen LogP contribution in [0.1, 0.15) is 0 Å². The summed E-state index contributed by atoms with van der Waals surface area (Å²) in [6, 6.07) is 19.4. The molecule has 2 heterocycles. The van der Waals surface area contributed by atoms with Crippen LogP contribution in [0.15, 0.2) is 84.0 Å². The van der Waals surface area contributed by atoms with Crippen molar-refractivity contribution in [3.8, 4) is 11.4 Å². The number of benzene rings is 3. The zero-order valence-electron chi connectivity index (χ0n) is 16.9. The normalized spacial score (nSPS) is 12.3. The minimum absolute atomic E-state index is 0.0249. The van der Waals surface area contributed by atoms with Gasteiger partial charge in [-0.05, 0) is 47.2 Å². The average Bonchev–Trinajstić information content (AvgIpc) is 3.25. The van der Waals surface area contributed by atoms with Crippen molar-refractivity contribution in [2.24, 2.45) is 0 Å². The molecule has 2 aromatic heterocycles. The average molecular weight is 430 g/mol. The van der Waals surface area contributed by atoms with Gasteiger partial charge in [-0.15, -0.1) is 0 Å². The van der Waals surface area contributed by atoms with Crippen LogP contribution in [0.5, 0.6) is 5.75 Å². The molecule has 0 radical (unpaired) electrons. The van der Waals surface area contributed by atoms with Crippen molar-refractivity contribution >= 4 is 21.8 Å². The fourth-order valence-electron chi connectivity index (χ4n) is 3.58. The molecule has 32 heavy (non-hydrogen) atoms. The van der Waals surface area contributed by atoms with E-state index in [1.165, 1.54) is 33.9 Å². The molecule has 0 aliphatic rings. The first-order chi connectivity index (χ1) is 15.6. The maximum atomic E-state index is 13.2. The van der Waals surface area contributed by atoms with Crippen molar-refractivity contribution < 1.29 is 14.2 Å². The lowest BCUT2D eigenvalue weighted by atomic mass is 10.1. The Hall–Kier alpha value is -4.04. The minimum atomic E-state index is -0.912. The van der Waals surface area contributed by atoms with Crippen molar-refractivity contribution in [2.45, 2.75) is 12.6 Å². The molecule has 0 spiro atoms. The molecule has 1 atom stereocenters. The summed E-state index contributed by atoms with van der Waals surface area (Å²) < 4.78 is 21.7. The Labute approximate surface area is 181 Å². The van der Waals surface area contributed by atoms with Gasteiger partial charge in [-0.3, -0.25) is 9.36 Å². The van der Waals surface area contributed by atoms with Gasteiger partial charge in [0.25, 0.3) is 5.56 Å². The highest BCUT2D eigenvalue weighted by Gasteiger charge is 2.14. The van der Waals surface area contributed by atoms with E-state index in [0.717, 1.165) is 10.8 Å². The second-order valence-corrected chi connectivity index (χ2v) is 7.45. The van der Waals surface area contributed by atoms with Crippen molar-refractivity contribution in [1.82, 2.24) is 19.3 Å². The van der Waals surface area contributed by atoms with Crippen LogP contribution in [0, 0.1) is 5.82 Å². The molecule has 1 unspecified atom stereocenters. The zero-order chi connectivity index (χ0) is 22.1. The summed E-state index contributed by atoms with van der Waals surface area (Å²) in [5, 5.41) is 17.1. The first-order valence-electron chi connectivity index (χ1n) is 10.1. The van der Waals surface area contributed by atoms with Gasteiger partial charge < -0.3 is 9.84 Å². The molecule has 0 saturated carbocycles. The third-order valence-electron chi connectivity index (χ3n) is 5.20. The largest absolute Gasteiger partial charge is 0.491 e. The smallest absolute Gasteiger partial charge is 0.264 e. The molecule has 5 rings (SSSR count). The van der Waals surface area contributed by atoms with Crippen molar-refractivity contribution in [3.05, 3.63) is 95.4 Å². The van der Waals surface area contributed by atoms with E-state index >= 15 is 0 Å². The molecule has 1 N–H and O–H groups in total. The van der Waals surface area contributed by atoms with E-state index in [-0.39, 0.29) is 24.5 Å². The maximum absolute atomic E-state index is 13.2. The van der Waals surface area contributed by atoms with Crippen LogP contribution < -0.4 is 10.3 Å². The van der Waals surface area contributed by atoms with E-state index in [4.69, 9.17) is 4.74 Å². The second-order valence-electron chi connectivity index (χ2n) is 7.45. The van der Waals surface area contributed by atoms with Crippen molar-refractivity contribution in [2.75, 3.05) is 6.61 Å². The summed E-state index contributed by atoms with van der Waals surface area (Å²) >= 11 is 0. The number of hydrogen-bond acceptors (Lipinski definition) is 5. The van der Waals surface area contributed by atoms with Crippen LogP contribution in [0.2, 0.25) is 0 Å². The van der Waals surface area contributed by atoms with Gasteiger partial charge in [-0.2, -0.15) is 5.10 Å². The topological polar surface area (TPSA) is 82.2 Å². The van der Waals surface area contributed by atoms with Crippen LogP contribution in [-0.2, 0) is 6.54 Å². The number of aliphatic hydroxyl groups excluding tert-OH is 1. The zero-order valence-corrected chi connectivity index (χ0v) is 16.9. The highest BCUT2D eigenvalue weighted by atomic mass is 19.1. The van der Waals surface area contributed by atoms with Crippen LogP contribution in [0.25, 0.3) is 27.5 Å². The van der Waals surface area contributed by atoms with Gasteiger partial charge in [-0.1, -0.05) is 30.3 Å². The third kappa shape index (κ3) is 3.83. The highest BCUT2D eigenvalue weighted by Crippen LogP contribution is 2.20. The summed E-state index contributed by atoms with van der Waals surface area (Å²) in [5.41, 5.74) is 0.628. The molecule has 8 heteroatoms. The Morgan fingerprint density at radius 1 is 1.03 bits per heavy atom. The molecular formula is C24H19FN4O3. The van der Waals surface area contributed by atoms with Gasteiger partial charge in [0.2, 0.25) is 0 Å². The van der Waals surface area contributed by atoms with Crippen LogP contribution in [0.3, 0.4) is 0 Å². The van der Waals surface area contributed by atoms with Gasteiger partial charge in [-0.25, -0.2) is 14.1 Å². The Morgan fingerprint density at radius 3 is 2.62 bits per heavy atom. The van der Waals surface area contributed by atoms with Crippen molar-refractivity contribution in [3.63, 3.8) is 0 Å². The van der Waals surface area contributed by atoms with Gasteiger partial charge in [0, 0.05) is 0 Å². The molecule has 0 fully saturated rings. The van der Waals surface area contributed by atoms with Crippen LogP contribution in [0.4, 0.5) is 4.39 Å². The maximum Gasteiger partial charge on any atom is 0.264 e. The lowest BCUT2D eigenvalue weighted by molar-refractivity contribution is 0.0915. The number of hydrogen-bond donors (Lipinski definition) is 1. The van der Waals surface area contributed by atoms with E-state index < -0.39 is 6.10 Å². The van der Waals surface area contributed by atoms with E-state index in [1.807, 2.05) is 42.5 Å². The number of aliphatic hydroxyl groups is 1. The summed E-state index contributed by atoms with van der Waals surface area (Å²) in [4.78, 5) is 17.2. The fourth-order valence-corrected chi connectivity index (χ4v) is 3.58. The molecule has 5 aromatic rings. The van der Waals surface area contributed by atoms with Gasteiger partial charge >= 0.3 is 0 Å². The van der Waals surface area contributed by atoms with Gasteiger partial charge in [0.15, 0.2) is 5.65 Å². The summed E-state index contributed by atoms with van der Waals surface area (Å²) in [6.07, 6.45) is 1.87. The predicted octanol–water partition coefficient (Wildman–Crippen LogP) is 3.31. The number of rotatable bonds is 6. The SMILES string of the molecule is O=c1c2cnn(-c3ccc(F)cc3)c2ncn1CC(O)COc1ccc2ccccc2c1. The lowest BCUT2D eigenvalue weighted by Crippen LogP contribution is -2.30. The molecule has 0 saturated heterocycles. The molecule has 7 nitrogen and oxygen atoms in total. The van der Waals surface area contributed by atoms with E-state index in [1.54, 1.807) is 12.1 Å². The molecule has 0 aliphatic heterocycles. The molecular weight excluding hydrogens is 411 g/mol. The number of halogens is 1. The Bertz CT molecular complexity index is 1460. The standard InChI is InChI=1S/C24H19FN4O3/c25-18-6-8-19(9-7-18)29-23-22(12-27-29)24(31)28(15-26-23)13-20(30)14-32-21-10-5-16-3-1-2-4-17(16)11-21/h1-12,15,20,30H,13-14H2. The Morgan fingerprint density at radius 2 is 1.81 bits per heavy atom. The van der Waals surface area contributed by atoms with Crippen molar-refractivity contribution in [1.29, 1.82) is 0 Å².